The Morgan fingerprint density at radius 3 is 2.33 bits per heavy atom. The van der Waals surface area contributed by atoms with E-state index in [9.17, 15) is 14.4 Å². The summed E-state index contributed by atoms with van der Waals surface area (Å²) in [6.07, 6.45) is 1.00. The first-order valence-electron chi connectivity index (χ1n) is 3.90. The molecule has 0 aromatic carbocycles. The highest BCUT2D eigenvalue weighted by molar-refractivity contribution is 6.00. The summed E-state index contributed by atoms with van der Waals surface area (Å²) in [6.45, 7) is 0. The van der Waals surface area contributed by atoms with Crippen molar-refractivity contribution in [3.05, 3.63) is 33.9 Å². The summed E-state index contributed by atoms with van der Waals surface area (Å²) in [6, 6.07) is 1.01. The zero-order valence-electron chi connectivity index (χ0n) is 8.10. The second-order valence-electron chi connectivity index (χ2n) is 2.47. The number of carbonyl (C=O) groups is 2. The molecule has 0 aliphatic heterocycles. The number of hydrogen-bond donors (Lipinski definition) is 0. The first-order chi connectivity index (χ1) is 7.11. The van der Waals surface area contributed by atoms with Crippen LogP contribution in [-0.4, -0.2) is 26.2 Å². The van der Waals surface area contributed by atoms with Crippen LogP contribution in [0.3, 0.4) is 0 Å². The Kier molecular flexibility index (Phi) is 3.22. The maximum Gasteiger partial charge on any atom is 0.375 e. The Balaban J connectivity index is 3.39. The predicted molar refractivity (Wildman–Crippen MR) is 47.7 cm³/mol. The summed E-state index contributed by atoms with van der Waals surface area (Å²) >= 11 is 0. The fraction of sp³-hybridized carbons (Fsp3) is 0.222. The molecule has 1 aromatic heterocycles. The largest absolute Gasteiger partial charge is 0.465 e. The number of ether oxygens (including phenoxy) is 2. The standard InChI is InChI=1S/C9H8O6/c1-13-8(11)6-5(10)3-4-15-7(6)9(12)14-2/h3-4H,1-2H3. The van der Waals surface area contributed by atoms with E-state index in [1.807, 2.05) is 0 Å². The summed E-state index contributed by atoms with van der Waals surface area (Å²) in [4.78, 5) is 33.6. The van der Waals surface area contributed by atoms with Crippen LogP contribution in [0.5, 0.6) is 0 Å². The number of rotatable bonds is 2. The molecular weight excluding hydrogens is 204 g/mol. The third-order valence-electron chi connectivity index (χ3n) is 1.64. The SMILES string of the molecule is COC(=O)c1occc(=O)c1C(=O)OC. The molecule has 0 bridgehead atoms. The van der Waals surface area contributed by atoms with Gasteiger partial charge >= 0.3 is 11.9 Å². The highest BCUT2D eigenvalue weighted by Gasteiger charge is 2.24. The quantitative estimate of drug-likeness (QED) is 0.652. The molecule has 6 nitrogen and oxygen atoms in total. The highest BCUT2D eigenvalue weighted by Crippen LogP contribution is 2.06. The van der Waals surface area contributed by atoms with Crippen molar-refractivity contribution in [1.29, 1.82) is 0 Å². The fourth-order valence-corrected chi connectivity index (χ4v) is 0.956. The molecule has 0 atom stereocenters. The van der Waals surface area contributed by atoms with E-state index in [1.165, 1.54) is 0 Å². The third kappa shape index (κ3) is 2.04. The second kappa shape index (κ2) is 4.41. The molecule has 1 heterocycles. The van der Waals surface area contributed by atoms with Crippen LogP contribution >= 0.6 is 0 Å². The lowest BCUT2D eigenvalue weighted by molar-refractivity contribution is 0.0520. The van der Waals surface area contributed by atoms with Gasteiger partial charge in [-0.2, -0.15) is 0 Å². The van der Waals surface area contributed by atoms with Crippen LogP contribution in [0.1, 0.15) is 20.9 Å². The van der Waals surface area contributed by atoms with Gasteiger partial charge in [-0.25, -0.2) is 9.59 Å². The van der Waals surface area contributed by atoms with Crippen LogP contribution in [-0.2, 0) is 9.47 Å². The smallest absolute Gasteiger partial charge is 0.375 e. The zero-order chi connectivity index (χ0) is 11.4. The molecule has 6 heteroatoms. The topological polar surface area (TPSA) is 82.8 Å². The molecule has 0 aliphatic carbocycles. The molecule has 0 amide bonds. The number of hydrogen-bond acceptors (Lipinski definition) is 6. The molecule has 0 fully saturated rings. The summed E-state index contributed by atoms with van der Waals surface area (Å²) in [5.74, 6) is -2.31. The number of esters is 2. The van der Waals surface area contributed by atoms with Crippen molar-refractivity contribution in [2.75, 3.05) is 14.2 Å². The molecule has 0 unspecified atom stereocenters. The molecule has 15 heavy (non-hydrogen) atoms. The van der Waals surface area contributed by atoms with Gasteiger partial charge in [-0.15, -0.1) is 0 Å². The van der Waals surface area contributed by atoms with E-state index < -0.39 is 28.7 Å². The van der Waals surface area contributed by atoms with E-state index in [0.29, 0.717) is 0 Å². The normalized spacial score (nSPS) is 9.47. The predicted octanol–water partition coefficient (Wildman–Crippen LogP) is 0.213. The van der Waals surface area contributed by atoms with E-state index in [1.54, 1.807) is 0 Å². The van der Waals surface area contributed by atoms with Crippen LogP contribution in [0.15, 0.2) is 21.5 Å². The van der Waals surface area contributed by atoms with Gasteiger partial charge < -0.3 is 13.9 Å². The molecule has 1 rings (SSSR count). The van der Waals surface area contributed by atoms with E-state index >= 15 is 0 Å². The fourth-order valence-electron chi connectivity index (χ4n) is 0.956. The molecule has 0 N–H and O–H groups in total. The van der Waals surface area contributed by atoms with Gasteiger partial charge in [0, 0.05) is 6.07 Å². The highest BCUT2D eigenvalue weighted by atomic mass is 16.5. The van der Waals surface area contributed by atoms with Crippen molar-refractivity contribution >= 4 is 11.9 Å². The number of carbonyl (C=O) groups excluding carboxylic acids is 2. The van der Waals surface area contributed by atoms with Crippen LogP contribution in [0, 0.1) is 0 Å². The van der Waals surface area contributed by atoms with Crippen molar-refractivity contribution in [1.82, 2.24) is 0 Å². The average molecular weight is 212 g/mol. The molecule has 0 radical (unpaired) electrons. The Hall–Kier alpha value is -2.11. The van der Waals surface area contributed by atoms with Gasteiger partial charge in [0.1, 0.15) is 0 Å². The zero-order valence-corrected chi connectivity index (χ0v) is 8.10. The van der Waals surface area contributed by atoms with Crippen molar-refractivity contribution in [2.24, 2.45) is 0 Å². The monoisotopic (exact) mass is 212 g/mol. The minimum absolute atomic E-state index is 0.461. The van der Waals surface area contributed by atoms with Gasteiger partial charge in [-0.05, 0) is 0 Å². The van der Waals surface area contributed by atoms with Gasteiger partial charge in [0.15, 0.2) is 11.0 Å². The molecule has 1 aromatic rings. The minimum Gasteiger partial charge on any atom is -0.465 e. The Morgan fingerprint density at radius 2 is 1.80 bits per heavy atom. The molecular formula is C9H8O6. The van der Waals surface area contributed by atoms with E-state index in [2.05, 4.69) is 9.47 Å². The van der Waals surface area contributed by atoms with Crippen LogP contribution in [0.25, 0.3) is 0 Å². The summed E-state index contributed by atoms with van der Waals surface area (Å²) in [7, 11) is 2.20. The van der Waals surface area contributed by atoms with Crippen LogP contribution < -0.4 is 5.43 Å². The van der Waals surface area contributed by atoms with Crippen molar-refractivity contribution in [3.8, 4) is 0 Å². The van der Waals surface area contributed by atoms with Crippen LogP contribution in [0.2, 0.25) is 0 Å². The lowest BCUT2D eigenvalue weighted by atomic mass is 10.2. The molecule has 0 saturated carbocycles. The average Bonchev–Trinajstić information content (AvgIpc) is 2.26. The third-order valence-corrected chi connectivity index (χ3v) is 1.64. The van der Waals surface area contributed by atoms with Gasteiger partial charge in [0.05, 0.1) is 20.5 Å². The summed E-state index contributed by atoms with van der Waals surface area (Å²) in [5.41, 5.74) is -1.12. The van der Waals surface area contributed by atoms with E-state index in [0.717, 1.165) is 26.5 Å². The van der Waals surface area contributed by atoms with E-state index in [4.69, 9.17) is 4.42 Å². The van der Waals surface area contributed by atoms with Gasteiger partial charge in [0.25, 0.3) is 0 Å². The minimum atomic E-state index is -0.940. The lowest BCUT2D eigenvalue weighted by Gasteiger charge is -2.02. The Morgan fingerprint density at radius 1 is 1.20 bits per heavy atom. The Labute approximate surface area is 84.4 Å². The summed E-state index contributed by atoms with van der Waals surface area (Å²) < 4.78 is 13.4. The van der Waals surface area contributed by atoms with Gasteiger partial charge in [-0.3, -0.25) is 4.79 Å². The first-order valence-corrected chi connectivity index (χ1v) is 3.90. The number of methoxy groups -OCH3 is 2. The Bertz CT molecular complexity index is 444. The van der Waals surface area contributed by atoms with Crippen molar-refractivity contribution in [2.45, 2.75) is 0 Å². The maximum atomic E-state index is 11.3. The molecule has 0 spiro atoms. The van der Waals surface area contributed by atoms with Crippen molar-refractivity contribution in [3.63, 3.8) is 0 Å². The second-order valence-corrected chi connectivity index (χ2v) is 2.47. The van der Waals surface area contributed by atoms with Gasteiger partial charge in [-0.1, -0.05) is 0 Å². The molecule has 0 saturated heterocycles. The summed E-state index contributed by atoms with van der Waals surface area (Å²) in [5, 5.41) is 0. The van der Waals surface area contributed by atoms with Gasteiger partial charge in [0.2, 0.25) is 5.76 Å². The van der Waals surface area contributed by atoms with E-state index in [-0.39, 0.29) is 0 Å². The lowest BCUT2D eigenvalue weighted by Crippen LogP contribution is -2.21. The van der Waals surface area contributed by atoms with Crippen molar-refractivity contribution < 1.29 is 23.5 Å². The molecule has 80 valence electrons. The maximum absolute atomic E-state index is 11.3. The molecule has 0 aliphatic rings. The van der Waals surface area contributed by atoms with Crippen LogP contribution in [0.4, 0.5) is 0 Å². The first kappa shape index (κ1) is 11.0.